The zero-order valence-corrected chi connectivity index (χ0v) is 9.71. The molecule has 0 heterocycles. The lowest BCUT2D eigenvalue weighted by Gasteiger charge is -2.03. The number of nitrogens with two attached hydrogens (primary N) is 2. The van der Waals surface area contributed by atoms with Crippen LogP contribution in [-0.2, 0) is 5.75 Å². The minimum absolute atomic E-state index is 0.799. The molecule has 0 aliphatic heterocycles. The molecule has 4 N–H and O–H groups in total. The molecular formula is C13H14N2S. The van der Waals surface area contributed by atoms with Gasteiger partial charge in [-0.25, -0.2) is 0 Å². The number of rotatable bonds is 3. The highest BCUT2D eigenvalue weighted by atomic mass is 32.2. The summed E-state index contributed by atoms with van der Waals surface area (Å²) < 4.78 is 0. The van der Waals surface area contributed by atoms with Crippen molar-refractivity contribution in [2.75, 3.05) is 11.5 Å². The van der Waals surface area contributed by atoms with Crippen LogP contribution in [-0.4, -0.2) is 0 Å². The minimum atomic E-state index is 0.799. The van der Waals surface area contributed by atoms with Crippen molar-refractivity contribution >= 4 is 23.1 Å². The summed E-state index contributed by atoms with van der Waals surface area (Å²) in [4.78, 5) is 1.22. The molecular weight excluding hydrogens is 216 g/mol. The third-order valence-corrected chi connectivity index (χ3v) is 3.32. The third-order valence-electron chi connectivity index (χ3n) is 2.24. The average Bonchev–Trinajstić information content (AvgIpc) is 2.28. The Hall–Kier alpha value is -1.61. The fourth-order valence-corrected chi connectivity index (χ4v) is 2.26. The Morgan fingerprint density at radius 1 is 0.875 bits per heavy atom. The number of nitrogen functional groups attached to an aromatic ring is 2. The van der Waals surface area contributed by atoms with E-state index in [4.69, 9.17) is 11.5 Å². The molecule has 0 amide bonds. The topological polar surface area (TPSA) is 52.0 Å². The highest BCUT2D eigenvalue weighted by Crippen LogP contribution is 2.24. The molecule has 16 heavy (non-hydrogen) atoms. The van der Waals surface area contributed by atoms with Gasteiger partial charge in [-0.2, -0.15) is 0 Å². The maximum absolute atomic E-state index is 5.72. The Kier molecular flexibility index (Phi) is 3.37. The first-order valence-electron chi connectivity index (χ1n) is 5.07. The predicted octanol–water partition coefficient (Wildman–Crippen LogP) is 3.14. The van der Waals surface area contributed by atoms with Gasteiger partial charge in [0.25, 0.3) is 0 Å². The SMILES string of the molecule is Nc1ccc(SCc2cccc(N)c2)cc1. The predicted molar refractivity (Wildman–Crippen MR) is 71.3 cm³/mol. The summed E-state index contributed by atoms with van der Waals surface area (Å²) >= 11 is 1.78. The van der Waals surface area contributed by atoms with Crippen LogP contribution in [0.25, 0.3) is 0 Å². The van der Waals surface area contributed by atoms with E-state index in [2.05, 4.69) is 6.07 Å². The van der Waals surface area contributed by atoms with Gasteiger partial charge in [0, 0.05) is 22.0 Å². The van der Waals surface area contributed by atoms with Crippen molar-refractivity contribution in [1.82, 2.24) is 0 Å². The second-order valence-electron chi connectivity index (χ2n) is 3.60. The molecule has 0 atom stereocenters. The van der Waals surface area contributed by atoms with Crippen LogP contribution in [0, 0.1) is 0 Å². The molecule has 2 rings (SSSR count). The normalized spacial score (nSPS) is 10.2. The molecule has 0 bridgehead atoms. The van der Waals surface area contributed by atoms with Crippen LogP contribution in [0.3, 0.4) is 0 Å². The van der Waals surface area contributed by atoms with Crippen LogP contribution in [0.15, 0.2) is 53.4 Å². The first kappa shape index (κ1) is 10.9. The monoisotopic (exact) mass is 230 g/mol. The van der Waals surface area contributed by atoms with Gasteiger partial charge in [0.05, 0.1) is 0 Å². The molecule has 0 radical (unpaired) electrons. The van der Waals surface area contributed by atoms with Crippen molar-refractivity contribution in [2.24, 2.45) is 0 Å². The van der Waals surface area contributed by atoms with Gasteiger partial charge in [0.1, 0.15) is 0 Å². The lowest BCUT2D eigenvalue weighted by atomic mass is 10.2. The highest BCUT2D eigenvalue weighted by Gasteiger charge is 1.96. The Balaban J connectivity index is 1.99. The lowest BCUT2D eigenvalue weighted by Crippen LogP contribution is -1.87. The number of hydrogen-bond acceptors (Lipinski definition) is 3. The van der Waals surface area contributed by atoms with Gasteiger partial charge in [0.15, 0.2) is 0 Å². The van der Waals surface area contributed by atoms with E-state index in [9.17, 15) is 0 Å². The quantitative estimate of drug-likeness (QED) is 0.629. The molecule has 0 spiro atoms. The summed E-state index contributed by atoms with van der Waals surface area (Å²) in [5.41, 5.74) is 14.2. The van der Waals surface area contributed by atoms with Gasteiger partial charge >= 0.3 is 0 Å². The fourth-order valence-electron chi connectivity index (χ4n) is 1.41. The first-order valence-corrected chi connectivity index (χ1v) is 6.05. The van der Waals surface area contributed by atoms with Gasteiger partial charge in [-0.15, -0.1) is 11.8 Å². The first-order chi connectivity index (χ1) is 7.74. The van der Waals surface area contributed by atoms with Crippen molar-refractivity contribution in [3.8, 4) is 0 Å². The van der Waals surface area contributed by atoms with Gasteiger partial charge in [0.2, 0.25) is 0 Å². The summed E-state index contributed by atoms with van der Waals surface area (Å²) in [6.07, 6.45) is 0. The van der Waals surface area contributed by atoms with Crippen molar-refractivity contribution in [1.29, 1.82) is 0 Å². The molecule has 0 aliphatic carbocycles. The van der Waals surface area contributed by atoms with Gasteiger partial charge in [-0.1, -0.05) is 12.1 Å². The molecule has 2 aromatic rings. The summed E-state index contributed by atoms with van der Waals surface area (Å²) in [6.45, 7) is 0. The van der Waals surface area contributed by atoms with Crippen LogP contribution in [0.1, 0.15) is 5.56 Å². The van der Waals surface area contributed by atoms with Gasteiger partial charge in [-0.3, -0.25) is 0 Å². The van der Waals surface area contributed by atoms with Crippen LogP contribution in [0.5, 0.6) is 0 Å². The maximum atomic E-state index is 5.72. The molecule has 2 aromatic carbocycles. The molecule has 2 nitrogen and oxygen atoms in total. The Morgan fingerprint density at radius 2 is 1.62 bits per heavy atom. The zero-order valence-electron chi connectivity index (χ0n) is 8.89. The van der Waals surface area contributed by atoms with Crippen LogP contribution < -0.4 is 11.5 Å². The van der Waals surface area contributed by atoms with E-state index in [1.807, 2.05) is 42.5 Å². The summed E-state index contributed by atoms with van der Waals surface area (Å²) in [5.74, 6) is 0.926. The largest absolute Gasteiger partial charge is 0.399 e. The van der Waals surface area contributed by atoms with Gasteiger partial charge < -0.3 is 11.5 Å². The molecule has 0 saturated carbocycles. The highest BCUT2D eigenvalue weighted by molar-refractivity contribution is 7.98. The number of benzene rings is 2. The maximum Gasteiger partial charge on any atom is 0.0317 e. The van der Waals surface area contributed by atoms with E-state index in [-0.39, 0.29) is 0 Å². The Morgan fingerprint density at radius 3 is 2.31 bits per heavy atom. The summed E-state index contributed by atoms with van der Waals surface area (Å²) in [6, 6.07) is 15.9. The van der Waals surface area contributed by atoms with Crippen molar-refractivity contribution in [3.63, 3.8) is 0 Å². The molecule has 0 saturated heterocycles. The molecule has 82 valence electrons. The van der Waals surface area contributed by atoms with Crippen molar-refractivity contribution in [3.05, 3.63) is 54.1 Å². The van der Waals surface area contributed by atoms with E-state index >= 15 is 0 Å². The smallest absolute Gasteiger partial charge is 0.0317 e. The number of anilines is 2. The molecule has 0 aliphatic rings. The summed E-state index contributed by atoms with van der Waals surface area (Å²) in [7, 11) is 0. The molecule has 0 fully saturated rings. The number of hydrogen-bond donors (Lipinski definition) is 2. The van der Waals surface area contributed by atoms with Crippen LogP contribution in [0.4, 0.5) is 11.4 Å². The van der Waals surface area contributed by atoms with E-state index in [0.29, 0.717) is 0 Å². The number of thioether (sulfide) groups is 1. The minimum Gasteiger partial charge on any atom is -0.399 e. The second-order valence-corrected chi connectivity index (χ2v) is 4.65. The molecule has 3 heteroatoms. The fraction of sp³-hybridized carbons (Fsp3) is 0.0769. The average molecular weight is 230 g/mol. The second kappa shape index (κ2) is 4.94. The van der Waals surface area contributed by atoms with Gasteiger partial charge in [-0.05, 0) is 42.0 Å². The Labute approximate surface area is 99.7 Å². The lowest BCUT2D eigenvalue weighted by molar-refractivity contribution is 1.38. The van der Waals surface area contributed by atoms with Crippen LogP contribution >= 0.6 is 11.8 Å². The standard InChI is InChI=1S/C13H14N2S/c14-11-4-6-13(7-5-11)16-9-10-2-1-3-12(15)8-10/h1-8H,9,14-15H2. The van der Waals surface area contributed by atoms with Crippen molar-refractivity contribution in [2.45, 2.75) is 10.6 Å². The van der Waals surface area contributed by atoms with E-state index < -0.39 is 0 Å². The molecule has 0 aromatic heterocycles. The zero-order chi connectivity index (χ0) is 11.4. The Bertz CT molecular complexity index is 466. The van der Waals surface area contributed by atoms with E-state index in [1.165, 1.54) is 10.5 Å². The van der Waals surface area contributed by atoms with E-state index in [1.54, 1.807) is 11.8 Å². The van der Waals surface area contributed by atoms with Crippen LogP contribution in [0.2, 0.25) is 0 Å². The third kappa shape index (κ3) is 2.94. The van der Waals surface area contributed by atoms with Crippen molar-refractivity contribution < 1.29 is 0 Å². The summed E-state index contributed by atoms with van der Waals surface area (Å²) in [5, 5.41) is 0. The molecule has 0 unspecified atom stereocenters. The van der Waals surface area contributed by atoms with E-state index in [0.717, 1.165) is 17.1 Å².